The lowest BCUT2D eigenvalue weighted by Gasteiger charge is -2.06. The number of aromatic nitrogens is 3. The highest BCUT2D eigenvalue weighted by atomic mass is 16.2. The molecule has 5 heteroatoms. The van der Waals surface area contributed by atoms with E-state index in [1.807, 2.05) is 30.3 Å². The van der Waals surface area contributed by atoms with E-state index >= 15 is 0 Å². The molecular weight excluding hydrogens is 242 g/mol. The molecule has 0 aliphatic carbocycles. The van der Waals surface area contributed by atoms with Crippen molar-refractivity contribution in [1.29, 1.82) is 0 Å². The van der Waals surface area contributed by atoms with E-state index in [4.69, 9.17) is 0 Å². The van der Waals surface area contributed by atoms with Gasteiger partial charge in [0.05, 0.1) is 5.52 Å². The van der Waals surface area contributed by atoms with Gasteiger partial charge in [-0.25, -0.2) is 4.79 Å². The van der Waals surface area contributed by atoms with E-state index in [9.17, 15) is 9.59 Å². The number of rotatable bonds is 3. The molecule has 3 aromatic rings. The van der Waals surface area contributed by atoms with Crippen LogP contribution in [0.25, 0.3) is 11.0 Å². The van der Waals surface area contributed by atoms with Gasteiger partial charge in [-0.3, -0.25) is 14.3 Å². The molecule has 2 N–H and O–H groups in total. The van der Waals surface area contributed by atoms with Crippen LogP contribution in [0.4, 0.5) is 0 Å². The fraction of sp³-hybridized carbons (Fsp3) is 0.143. The Balaban J connectivity index is 1.99. The summed E-state index contributed by atoms with van der Waals surface area (Å²) < 4.78 is 1.58. The maximum Gasteiger partial charge on any atom is 0.328 e. The lowest BCUT2D eigenvalue weighted by molar-refractivity contribution is 0.673. The van der Waals surface area contributed by atoms with Crippen molar-refractivity contribution in [3.8, 4) is 0 Å². The highest BCUT2D eigenvalue weighted by Gasteiger charge is 2.07. The Morgan fingerprint density at radius 2 is 1.84 bits per heavy atom. The number of aromatic amines is 2. The molecule has 3 rings (SSSR count). The predicted octanol–water partition coefficient (Wildman–Crippen LogP) is 1.26. The Bertz CT molecular complexity index is 812. The predicted molar refractivity (Wildman–Crippen MR) is 73.3 cm³/mol. The molecule has 2 aromatic heterocycles. The van der Waals surface area contributed by atoms with Crippen LogP contribution in [0.3, 0.4) is 0 Å². The van der Waals surface area contributed by atoms with Crippen molar-refractivity contribution in [1.82, 2.24) is 14.5 Å². The SMILES string of the molecule is O=c1[nH]c(=O)n(CCc2ccccc2)c2cc[nH]c12. The summed E-state index contributed by atoms with van der Waals surface area (Å²) in [4.78, 5) is 28.6. The van der Waals surface area contributed by atoms with E-state index in [-0.39, 0.29) is 11.2 Å². The molecule has 0 atom stereocenters. The zero-order chi connectivity index (χ0) is 13.2. The Morgan fingerprint density at radius 3 is 2.63 bits per heavy atom. The number of benzene rings is 1. The molecule has 2 heterocycles. The number of hydrogen-bond acceptors (Lipinski definition) is 2. The molecule has 1 aromatic carbocycles. The molecule has 0 radical (unpaired) electrons. The minimum Gasteiger partial charge on any atom is -0.355 e. The van der Waals surface area contributed by atoms with E-state index < -0.39 is 0 Å². The van der Waals surface area contributed by atoms with Gasteiger partial charge < -0.3 is 4.98 Å². The van der Waals surface area contributed by atoms with Gasteiger partial charge >= 0.3 is 5.69 Å². The highest BCUT2D eigenvalue weighted by molar-refractivity contribution is 5.73. The third-order valence-electron chi connectivity index (χ3n) is 3.18. The number of nitrogens with one attached hydrogen (secondary N) is 2. The maximum atomic E-state index is 11.9. The minimum atomic E-state index is -0.374. The van der Waals surface area contributed by atoms with Crippen molar-refractivity contribution in [3.63, 3.8) is 0 Å². The summed E-state index contributed by atoms with van der Waals surface area (Å²) in [6, 6.07) is 11.7. The molecule has 0 bridgehead atoms. The van der Waals surface area contributed by atoms with E-state index in [0.29, 0.717) is 17.6 Å². The fourth-order valence-electron chi connectivity index (χ4n) is 2.21. The molecule has 0 saturated heterocycles. The van der Waals surface area contributed by atoms with Crippen LogP contribution in [-0.2, 0) is 13.0 Å². The summed E-state index contributed by atoms with van der Waals surface area (Å²) >= 11 is 0. The highest BCUT2D eigenvalue weighted by Crippen LogP contribution is 2.07. The Hall–Kier alpha value is -2.56. The average molecular weight is 255 g/mol. The number of H-pyrrole nitrogens is 2. The molecule has 96 valence electrons. The van der Waals surface area contributed by atoms with Gasteiger partial charge in [0.15, 0.2) is 0 Å². The molecular formula is C14H13N3O2. The van der Waals surface area contributed by atoms with Gasteiger partial charge in [-0.05, 0) is 18.1 Å². The molecule has 0 fully saturated rings. The van der Waals surface area contributed by atoms with Crippen LogP contribution < -0.4 is 11.2 Å². The normalized spacial score (nSPS) is 10.9. The molecule has 0 aliphatic heterocycles. The second kappa shape index (κ2) is 4.61. The zero-order valence-corrected chi connectivity index (χ0v) is 10.2. The van der Waals surface area contributed by atoms with Gasteiger partial charge in [-0.2, -0.15) is 0 Å². The van der Waals surface area contributed by atoms with Crippen LogP contribution in [0.2, 0.25) is 0 Å². The molecule has 5 nitrogen and oxygen atoms in total. The molecule has 0 aliphatic rings. The Labute approximate surface area is 108 Å². The van der Waals surface area contributed by atoms with Crippen molar-refractivity contribution in [2.45, 2.75) is 13.0 Å². The number of fused-ring (bicyclic) bond motifs is 1. The lowest BCUT2D eigenvalue weighted by Crippen LogP contribution is -2.30. The maximum absolute atomic E-state index is 11.9. The van der Waals surface area contributed by atoms with Crippen molar-refractivity contribution >= 4 is 11.0 Å². The summed E-state index contributed by atoms with van der Waals surface area (Å²) in [6.07, 6.45) is 2.41. The average Bonchev–Trinajstić information content (AvgIpc) is 2.89. The molecule has 0 saturated carbocycles. The van der Waals surface area contributed by atoms with E-state index in [2.05, 4.69) is 9.97 Å². The number of nitrogens with zero attached hydrogens (tertiary/aromatic N) is 1. The third-order valence-corrected chi connectivity index (χ3v) is 3.18. The molecule has 19 heavy (non-hydrogen) atoms. The zero-order valence-electron chi connectivity index (χ0n) is 10.2. The van der Waals surface area contributed by atoms with Crippen LogP contribution in [0, 0.1) is 0 Å². The topological polar surface area (TPSA) is 70.7 Å². The van der Waals surface area contributed by atoms with Crippen LogP contribution in [0.5, 0.6) is 0 Å². The van der Waals surface area contributed by atoms with Gasteiger partial charge in [-0.1, -0.05) is 30.3 Å². The summed E-state index contributed by atoms with van der Waals surface area (Å²) in [5, 5.41) is 0. The third kappa shape index (κ3) is 2.10. The van der Waals surface area contributed by atoms with Gasteiger partial charge in [0.1, 0.15) is 5.52 Å². The standard InChI is InChI=1S/C14H13N3O2/c18-13-12-11(6-8-15-12)17(14(19)16-13)9-7-10-4-2-1-3-5-10/h1-6,8,15H,7,9H2,(H,16,18,19). The van der Waals surface area contributed by atoms with Crippen LogP contribution >= 0.6 is 0 Å². The van der Waals surface area contributed by atoms with Crippen LogP contribution in [0.1, 0.15) is 5.56 Å². The quantitative estimate of drug-likeness (QED) is 0.739. The first-order chi connectivity index (χ1) is 9.25. The summed E-state index contributed by atoms with van der Waals surface area (Å²) in [6.45, 7) is 0.536. The smallest absolute Gasteiger partial charge is 0.328 e. The van der Waals surface area contributed by atoms with Crippen molar-refractivity contribution in [2.24, 2.45) is 0 Å². The molecule has 0 amide bonds. The number of aryl methyl sites for hydroxylation is 2. The first kappa shape index (κ1) is 11.5. The minimum absolute atomic E-state index is 0.368. The monoisotopic (exact) mass is 255 g/mol. The van der Waals surface area contributed by atoms with Crippen LogP contribution in [-0.4, -0.2) is 14.5 Å². The van der Waals surface area contributed by atoms with E-state index in [0.717, 1.165) is 12.0 Å². The second-order valence-corrected chi connectivity index (χ2v) is 4.38. The summed E-state index contributed by atoms with van der Waals surface area (Å²) in [5.41, 5.74) is 1.50. The van der Waals surface area contributed by atoms with Gasteiger partial charge in [0.2, 0.25) is 0 Å². The van der Waals surface area contributed by atoms with E-state index in [1.54, 1.807) is 16.8 Å². The van der Waals surface area contributed by atoms with Gasteiger partial charge in [-0.15, -0.1) is 0 Å². The number of hydrogen-bond donors (Lipinski definition) is 2. The largest absolute Gasteiger partial charge is 0.355 e. The van der Waals surface area contributed by atoms with Gasteiger partial charge in [0, 0.05) is 12.7 Å². The first-order valence-corrected chi connectivity index (χ1v) is 6.10. The Morgan fingerprint density at radius 1 is 1.05 bits per heavy atom. The van der Waals surface area contributed by atoms with E-state index in [1.165, 1.54) is 0 Å². The Kier molecular flexibility index (Phi) is 2.79. The fourth-order valence-corrected chi connectivity index (χ4v) is 2.21. The molecule has 0 spiro atoms. The van der Waals surface area contributed by atoms with Crippen LogP contribution in [0.15, 0.2) is 52.2 Å². The summed E-state index contributed by atoms with van der Waals surface area (Å²) in [7, 11) is 0. The van der Waals surface area contributed by atoms with Crippen molar-refractivity contribution in [3.05, 3.63) is 69.0 Å². The molecule has 0 unspecified atom stereocenters. The van der Waals surface area contributed by atoms with Crippen molar-refractivity contribution < 1.29 is 0 Å². The van der Waals surface area contributed by atoms with Crippen molar-refractivity contribution in [2.75, 3.05) is 0 Å². The van der Waals surface area contributed by atoms with Gasteiger partial charge in [0.25, 0.3) is 5.56 Å². The second-order valence-electron chi connectivity index (χ2n) is 4.38. The summed E-state index contributed by atoms with van der Waals surface area (Å²) in [5.74, 6) is 0. The first-order valence-electron chi connectivity index (χ1n) is 6.10. The lowest BCUT2D eigenvalue weighted by atomic mass is 10.1.